The lowest BCUT2D eigenvalue weighted by molar-refractivity contribution is 0.0713. The number of nitrogens with two attached hydrogens (primary N) is 1. The Hall–Kier alpha value is -3.00. The zero-order valence-electron chi connectivity index (χ0n) is 18.8. The Balaban J connectivity index is 1.34. The number of carbonyl (C=O) groups is 1. The predicted octanol–water partition coefficient (Wildman–Crippen LogP) is 6.21. The van der Waals surface area contributed by atoms with Crippen molar-refractivity contribution >= 4 is 33.0 Å². The maximum atomic E-state index is 14.9. The lowest BCUT2D eigenvalue weighted by Crippen LogP contribution is -2.38. The summed E-state index contributed by atoms with van der Waals surface area (Å²) in [5.74, 6) is -0.901. The van der Waals surface area contributed by atoms with E-state index in [-0.39, 0.29) is 42.8 Å². The van der Waals surface area contributed by atoms with E-state index in [0.717, 1.165) is 19.0 Å². The van der Waals surface area contributed by atoms with Gasteiger partial charge in [0.2, 0.25) is 0 Å². The average molecular weight is 536 g/mol. The number of benzene rings is 1. The number of imidazole rings is 1. The van der Waals surface area contributed by atoms with Crippen LogP contribution in [0, 0.1) is 5.82 Å². The molecule has 2 aromatic heterocycles. The van der Waals surface area contributed by atoms with Crippen molar-refractivity contribution in [2.75, 3.05) is 25.4 Å². The molecule has 5 rings (SSSR count). The van der Waals surface area contributed by atoms with Crippen LogP contribution in [0.5, 0.6) is 0 Å². The van der Waals surface area contributed by atoms with Crippen LogP contribution in [0.15, 0.2) is 29.3 Å². The van der Waals surface area contributed by atoms with Gasteiger partial charge in [0.25, 0.3) is 5.91 Å². The Bertz CT molecular complexity index is 1350. The van der Waals surface area contributed by atoms with E-state index < -0.39 is 32.5 Å². The van der Waals surface area contributed by atoms with Crippen molar-refractivity contribution in [1.29, 1.82) is 0 Å². The van der Waals surface area contributed by atoms with E-state index in [0.29, 0.717) is 48.1 Å². The molecule has 3 aromatic rings. The SMILES string of the molecule is Nc1cc(S(F)(F)(F)(F)F)ccc1C(=O)N1CCC(c2c(F)cnc3[nH]c(C4CCCO4)nc23)CC1. The van der Waals surface area contributed by atoms with Crippen molar-refractivity contribution in [2.45, 2.75) is 42.6 Å². The molecule has 2 aliphatic heterocycles. The van der Waals surface area contributed by atoms with E-state index in [1.54, 1.807) is 0 Å². The highest BCUT2D eigenvalue weighted by molar-refractivity contribution is 8.45. The monoisotopic (exact) mass is 535 g/mol. The normalized spacial score (nSPS) is 21.5. The molecule has 0 saturated carbocycles. The van der Waals surface area contributed by atoms with Gasteiger partial charge in [-0.25, -0.2) is 14.4 Å². The quantitative estimate of drug-likeness (QED) is 0.306. The second kappa shape index (κ2) is 7.75. The smallest absolute Gasteiger partial charge is 0.310 e. The van der Waals surface area contributed by atoms with Gasteiger partial charge in [0.05, 0.1) is 11.8 Å². The molecule has 1 amide bonds. The molecule has 36 heavy (non-hydrogen) atoms. The van der Waals surface area contributed by atoms with Crippen molar-refractivity contribution in [3.05, 3.63) is 47.2 Å². The number of piperidine rings is 1. The van der Waals surface area contributed by atoms with Crippen LogP contribution >= 0.6 is 10.2 Å². The number of ether oxygens (including phenoxy) is 1. The number of carbonyl (C=O) groups excluding carboxylic acids is 1. The molecule has 0 radical (unpaired) electrons. The summed E-state index contributed by atoms with van der Waals surface area (Å²) in [5, 5.41) is 0. The maximum Gasteiger partial charge on any atom is 0.310 e. The minimum Gasteiger partial charge on any atom is -0.398 e. The highest BCUT2D eigenvalue weighted by Crippen LogP contribution is 3.02. The molecule has 0 spiro atoms. The summed E-state index contributed by atoms with van der Waals surface area (Å²) in [7, 11) is -9.92. The molecule has 0 aliphatic carbocycles. The fourth-order valence-corrected chi connectivity index (χ4v) is 5.49. The number of rotatable bonds is 4. The van der Waals surface area contributed by atoms with Crippen LogP contribution in [-0.2, 0) is 4.74 Å². The fraction of sp³-hybridized carbons (Fsp3) is 0.409. The van der Waals surface area contributed by atoms with Gasteiger partial charge in [-0.05, 0) is 49.8 Å². The minimum atomic E-state index is -9.92. The third-order valence-corrected chi connectivity index (χ3v) is 7.79. The number of amides is 1. The summed E-state index contributed by atoms with van der Waals surface area (Å²) in [5.41, 5.74) is 5.79. The number of hydrogen-bond donors (Lipinski definition) is 2. The summed E-state index contributed by atoms with van der Waals surface area (Å²) in [4.78, 5) is 23.8. The number of fused-ring (bicyclic) bond motifs is 1. The van der Waals surface area contributed by atoms with Gasteiger partial charge in [0, 0.05) is 30.9 Å². The van der Waals surface area contributed by atoms with Gasteiger partial charge in [-0.1, -0.05) is 19.4 Å². The largest absolute Gasteiger partial charge is 0.398 e. The second-order valence-corrected chi connectivity index (χ2v) is 11.5. The lowest BCUT2D eigenvalue weighted by atomic mass is 9.88. The van der Waals surface area contributed by atoms with Crippen LogP contribution in [0.4, 0.5) is 29.5 Å². The predicted molar refractivity (Wildman–Crippen MR) is 122 cm³/mol. The number of H-pyrrole nitrogens is 1. The molecule has 1 aromatic carbocycles. The molecule has 196 valence electrons. The van der Waals surface area contributed by atoms with Gasteiger partial charge in [0.15, 0.2) is 5.65 Å². The van der Waals surface area contributed by atoms with Crippen LogP contribution in [0.3, 0.4) is 0 Å². The minimum absolute atomic E-state index is 0.0911. The van der Waals surface area contributed by atoms with E-state index in [2.05, 4.69) is 15.0 Å². The van der Waals surface area contributed by atoms with Gasteiger partial charge in [-0.15, -0.1) is 0 Å². The number of nitrogen functional groups attached to an aromatic ring is 1. The van der Waals surface area contributed by atoms with Crippen molar-refractivity contribution < 1.29 is 33.4 Å². The molecule has 2 aliphatic rings. The number of pyridine rings is 1. The number of nitrogens with zero attached hydrogens (tertiary/aromatic N) is 3. The molecule has 2 fully saturated rings. The summed E-state index contributed by atoms with van der Waals surface area (Å²) in [6.45, 7) is 0.952. The summed E-state index contributed by atoms with van der Waals surface area (Å²) >= 11 is 0. The highest BCUT2D eigenvalue weighted by Gasteiger charge is 2.65. The standard InChI is InChI=1S/C22H23F6N5O2S/c23-15-11-30-21-19(31-20(32-21)17-2-1-9-35-17)18(15)12-5-7-33(8-6-12)22(34)14-4-3-13(10-16(14)29)36(24,25,26,27)28/h3-4,10-12,17H,1-2,5-9,29H2,(H,30,31,32). The van der Waals surface area contributed by atoms with E-state index >= 15 is 0 Å². The summed E-state index contributed by atoms with van der Waals surface area (Å²) in [6, 6.07) is 0.928. The van der Waals surface area contributed by atoms with E-state index in [1.807, 2.05) is 0 Å². The molecule has 3 N–H and O–H groups in total. The third kappa shape index (κ3) is 4.59. The van der Waals surface area contributed by atoms with Crippen molar-refractivity contribution in [3.63, 3.8) is 0 Å². The first-order valence-corrected chi connectivity index (χ1v) is 13.2. The van der Waals surface area contributed by atoms with E-state index in [9.17, 15) is 28.6 Å². The molecular formula is C22H23F6N5O2S. The van der Waals surface area contributed by atoms with Crippen LogP contribution in [0.1, 0.15) is 59.5 Å². The maximum absolute atomic E-state index is 14.9. The topological polar surface area (TPSA) is 97.1 Å². The third-order valence-electron chi connectivity index (χ3n) is 6.65. The number of aromatic amines is 1. The fourth-order valence-electron chi connectivity index (χ4n) is 4.82. The first kappa shape index (κ1) is 24.7. The molecule has 7 nitrogen and oxygen atoms in total. The molecular weight excluding hydrogens is 512 g/mol. The van der Waals surface area contributed by atoms with Gasteiger partial charge < -0.3 is 20.4 Å². The Kier molecular flexibility index (Phi) is 5.31. The van der Waals surface area contributed by atoms with E-state index in [4.69, 9.17) is 10.5 Å². The zero-order valence-corrected chi connectivity index (χ0v) is 19.6. The van der Waals surface area contributed by atoms with Gasteiger partial charge >= 0.3 is 10.2 Å². The molecule has 14 heteroatoms. The summed E-state index contributed by atoms with van der Waals surface area (Å²) < 4.78 is 85.8. The number of hydrogen-bond acceptors (Lipinski definition) is 5. The molecule has 4 heterocycles. The number of anilines is 1. The van der Waals surface area contributed by atoms with Crippen molar-refractivity contribution in [1.82, 2.24) is 19.9 Å². The van der Waals surface area contributed by atoms with Crippen molar-refractivity contribution in [2.24, 2.45) is 0 Å². The lowest BCUT2D eigenvalue weighted by Gasteiger charge is -2.40. The van der Waals surface area contributed by atoms with Crippen molar-refractivity contribution in [3.8, 4) is 0 Å². The number of nitrogens with one attached hydrogen (secondary N) is 1. The van der Waals surface area contributed by atoms with Gasteiger partial charge in [-0.3, -0.25) is 4.79 Å². The Morgan fingerprint density at radius 1 is 1.14 bits per heavy atom. The number of likely N-dealkylation sites (tertiary alicyclic amines) is 1. The number of halogens is 6. The Labute approximate surface area is 201 Å². The van der Waals surface area contributed by atoms with Crippen LogP contribution in [0.25, 0.3) is 11.2 Å². The average Bonchev–Trinajstić information content (AvgIpc) is 3.47. The first-order chi connectivity index (χ1) is 16.7. The Morgan fingerprint density at radius 3 is 2.47 bits per heavy atom. The summed E-state index contributed by atoms with van der Waals surface area (Å²) in [6.07, 6.45) is 3.32. The van der Waals surface area contributed by atoms with E-state index in [1.165, 1.54) is 4.90 Å². The molecule has 1 unspecified atom stereocenters. The van der Waals surface area contributed by atoms with Crippen LogP contribution in [0.2, 0.25) is 0 Å². The van der Waals surface area contributed by atoms with Crippen LogP contribution in [-0.4, -0.2) is 45.5 Å². The number of aromatic nitrogens is 3. The second-order valence-electron chi connectivity index (χ2n) is 9.13. The first-order valence-electron chi connectivity index (χ1n) is 11.3. The molecule has 2 saturated heterocycles. The molecule has 0 bridgehead atoms. The van der Waals surface area contributed by atoms with Crippen LogP contribution < -0.4 is 5.73 Å². The van der Waals surface area contributed by atoms with Gasteiger partial charge in [0.1, 0.15) is 28.2 Å². The zero-order chi connectivity index (χ0) is 25.9. The molecule has 1 atom stereocenters. The highest BCUT2D eigenvalue weighted by atomic mass is 32.5. The van der Waals surface area contributed by atoms with Gasteiger partial charge in [-0.2, -0.15) is 0 Å². The Morgan fingerprint density at radius 2 is 1.86 bits per heavy atom.